The predicted molar refractivity (Wildman–Crippen MR) is 81.2 cm³/mol. The molecule has 0 unspecified atom stereocenters. The number of methoxy groups -OCH3 is 1. The van der Waals surface area contributed by atoms with E-state index in [0.29, 0.717) is 23.5 Å². The van der Waals surface area contributed by atoms with Crippen LogP contribution in [0.2, 0.25) is 0 Å². The number of nitrogens with two attached hydrogens (primary N) is 1. The molecule has 0 aromatic heterocycles. The van der Waals surface area contributed by atoms with Gasteiger partial charge in [0, 0.05) is 12.2 Å². The molecule has 5 heteroatoms. The van der Waals surface area contributed by atoms with Crippen molar-refractivity contribution < 1.29 is 13.9 Å². The molecule has 0 radical (unpaired) electrons. The molecule has 0 saturated carbocycles. The van der Waals surface area contributed by atoms with E-state index in [4.69, 9.17) is 10.5 Å². The molecule has 2 N–H and O–H groups in total. The van der Waals surface area contributed by atoms with Gasteiger partial charge in [0.2, 0.25) is 0 Å². The van der Waals surface area contributed by atoms with E-state index in [1.54, 1.807) is 30.3 Å². The number of amides is 1. The highest BCUT2D eigenvalue weighted by molar-refractivity contribution is 6.10. The van der Waals surface area contributed by atoms with Crippen LogP contribution in [-0.4, -0.2) is 19.6 Å². The third-order valence-corrected chi connectivity index (χ3v) is 3.20. The summed E-state index contributed by atoms with van der Waals surface area (Å²) in [6.07, 6.45) is 0. The number of nitrogen functional groups attached to an aromatic ring is 1. The summed E-state index contributed by atoms with van der Waals surface area (Å²) in [6, 6.07) is 10.9. The molecule has 0 fully saturated rings. The van der Waals surface area contributed by atoms with Crippen molar-refractivity contribution in [1.82, 2.24) is 0 Å². The van der Waals surface area contributed by atoms with E-state index >= 15 is 0 Å². The molecule has 2 aromatic carbocycles. The van der Waals surface area contributed by atoms with E-state index in [0.717, 1.165) is 0 Å². The first-order valence-corrected chi connectivity index (χ1v) is 6.58. The van der Waals surface area contributed by atoms with Gasteiger partial charge in [-0.2, -0.15) is 0 Å². The molecule has 2 rings (SSSR count). The molecule has 110 valence electrons. The lowest BCUT2D eigenvalue weighted by molar-refractivity contribution is 0.0989. The molecular weight excluding hydrogens is 271 g/mol. The van der Waals surface area contributed by atoms with E-state index in [2.05, 4.69) is 0 Å². The van der Waals surface area contributed by atoms with E-state index < -0.39 is 5.82 Å². The highest BCUT2D eigenvalue weighted by Gasteiger charge is 2.20. The first-order valence-electron chi connectivity index (χ1n) is 6.58. The van der Waals surface area contributed by atoms with Gasteiger partial charge in [0.05, 0.1) is 18.4 Å². The smallest absolute Gasteiger partial charge is 0.260 e. The van der Waals surface area contributed by atoms with Crippen molar-refractivity contribution in [3.63, 3.8) is 0 Å². The molecule has 0 atom stereocenters. The Morgan fingerprint density at radius 2 is 2.00 bits per heavy atom. The number of carbonyl (C=O) groups is 1. The van der Waals surface area contributed by atoms with Gasteiger partial charge in [-0.05, 0) is 37.3 Å². The van der Waals surface area contributed by atoms with E-state index in [9.17, 15) is 9.18 Å². The van der Waals surface area contributed by atoms with Crippen molar-refractivity contribution in [2.45, 2.75) is 6.92 Å². The molecule has 2 aromatic rings. The van der Waals surface area contributed by atoms with E-state index in [1.165, 1.54) is 24.1 Å². The number of anilines is 2. The third kappa shape index (κ3) is 2.97. The first-order chi connectivity index (χ1) is 10.1. The Hall–Kier alpha value is -2.56. The molecule has 4 nitrogen and oxygen atoms in total. The maximum atomic E-state index is 13.3. The molecule has 1 amide bonds. The number of benzene rings is 2. The number of rotatable bonds is 4. The van der Waals surface area contributed by atoms with Crippen molar-refractivity contribution in [2.24, 2.45) is 0 Å². The number of nitrogens with zero attached hydrogens (tertiary/aromatic N) is 1. The highest BCUT2D eigenvalue weighted by atomic mass is 19.1. The minimum Gasteiger partial charge on any atom is -0.495 e. The standard InChI is InChI=1S/C16H17FN2O2/c1-3-19(12-7-4-6-11(17)10-12)16(20)13-8-5-9-14(21-2)15(13)18/h4-10H,3,18H2,1-2H3. The second-order valence-corrected chi connectivity index (χ2v) is 4.45. The van der Waals surface area contributed by atoms with Crippen molar-refractivity contribution >= 4 is 17.3 Å². The number of carbonyl (C=O) groups excluding carboxylic acids is 1. The largest absolute Gasteiger partial charge is 0.495 e. The van der Waals surface area contributed by atoms with Crippen LogP contribution in [0.5, 0.6) is 5.75 Å². The Labute approximate surface area is 122 Å². The number of hydrogen-bond acceptors (Lipinski definition) is 3. The van der Waals surface area contributed by atoms with E-state index in [-0.39, 0.29) is 11.6 Å². The summed E-state index contributed by atoms with van der Waals surface area (Å²) in [5.74, 6) is -0.243. The zero-order valence-electron chi connectivity index (χ0n) is 12.0. The fourth-order valence-electron chi connectivity index (χ4n) is 2.14. The highest BCUT2D eigenvalue weighted by Crippen LogP contribution is 2.27. The van der Waals surface area contributed by atoms with Gasteiger partial charge in [-0.3, -0.25) is 4.79 Å². The fraction of sp³-hybridized carbons (Fsp3) is 0.188. The molecule has 0 aliphatic carbocycles. The zero-order chi connectivity index (χ0) is 15.4. The second kappa shape index (κ2) is 6.26. The van der Waals surface area contributed by atoms with Crippen molar-refractivity contribution in [3.05, 3.63) is 53.8 Å². The summed E-state index contributed by atoms with van der Waals surface area (Å²) >= 11 is 0. The molecule has 21 heavy (non-hydrogen) atoms. The molecular formula is C16H17FN2O2. The molecule has 0 saturated heterocycles. The molecule has 0 heterocycles. The van der Waals surface area contributed by atoms with Crippen LogP contribution in [0.3, 0.4) is 0 Å². The lowest BCUT2D eigenvalue weighted by Gasteiger charge is -2.22. The van der Waals surface area contributed by atoms with Crippen LogP contribution in [0.1, 0.15) is 17.3 Å². The summed E-state index contributed by atoms with van der Waals surface area (Å²) in [5.41, 5.74) is 7.05. The second-order valence-electron chi connectivity index (χ2n) is 4.45. The van der Waals surface area contributed by atoms with Gasteiger partial charge in [0.1, 0.15) is 11.6 Å². The third-order valence-electron chi connectivity index (χ3n) is 3.20. The van der Waals surface area contributed by atoms with Crippen LogP contribution in [0.25, 0.3) is 0 Å². The fourth-order valence-corrected chi connectivity index (χ4v) is 2.14. The summed E-state index contributed by atoms with van der Waals surface area (Å²) < 4.78 is 18.5. The maximum absolute atomic E-state index is 13.3. The molecule has 0 spiro atoms. The Bertz CT molecular complexity index is 658. The lowest BCUT2D eigenvalue weighted by atomic mass is 10.1. The van der Waals surface area contributed by atoms with Crippen LogP contribution >= 0.6 is 0 Å². The Balaban J connectivity index is 2.42. The lowest BCUT2D eigenvalue weighted by Crippen LogP contribution is -2.31. The quantitative estimate of drug-likeness (QED) is 0.880. The minimum atomic E-state index is -0.391. The summed E-state index contributed by atoms with van der Waals surface area (Å²) in [6.45, 7) is 2.22. The van der Waals surface area contributed by atoms with Gasteiger partial charge >= 0.3 is 0 Å². The average Bonchev–Trinajstić information content (AvgIpc) is 2.48. The van der Waals surface area contributed by atoms with Gasteiger partial charge in [0.25, 0.3) is 5.91 Å². The zero-order valence-corrected chi connectivity index (χ0v) is 12.0. The number of hydrogen-bond donors (Lipinski definition) is 1. The Morgan fingerprint density at radius 3 is 2.62 bits per heavy atom. The van der Waals surface area contributed by atoms with Gasteiger partial charge in [-0.25, -0.2) is 4.39 Å². The van der Waals surface area contributed by atoms with E-state index in [1.807, 2.05) is 6.92 Å². The minimum absolute atomic E-state index is 0.278. The van der Waals surface area contributed by atoms with Crippen molar-refractivity contribution in [3.8, 4) is 5.75 Å². The van der Waals surface area contributed by atoms with Crippen LogP contribution in [0, 0.1) is 5.82 Å². The number of para-hydroxylation sites is 1. The van der Waals surface area contributed by atoms with Gasteiger partial charge < -0.3 is 15.4 Å². The van der Waals surface area contributed by atoms with Crippen LogP contribution in [0.4, 0.5) is 15.8 Å². The van der Waals surface area contributed by atoms with Crippen molar-refractivity contribution in [2.75, 3.05) is 24.3 Å². The summed E-state index contributed by atoms with van der Waals surface area (Å²) in [4.78, 5) is 14.1. The van der Waals surface area contributed by atoms with Crippen LogP contribution in [0.15, 0.2) is 42.5 Å². The van der Waals surface area contributed by atoms with Gasteiger partial charge in [-0.1, -0.05) is 12.1 Å². The topological polar surface area (TPSA) is 55.6 Å². The Kier molecular flexibility index (Phi) is 4.42. The van der Waals surface area contributed by atoms with Crippen LogP contribution in [-0.2, 0) is 0 Å². The van der Waals surface area contributed by atoms with Crippen LogP contribution < -0.4 is 15.4 Å². The Morgan fingerprint density at radius 1 is 1.29 bits per heavy atom. The SMILES string of the molecule is CCN(C(=O)c1cccc(OC)c1N)c1cccc(F)c1. The van der Waals surface area contributed by atoms with Gasteiger partial charge in [-0.15, -0.1) is 0 Å². The maximum Gasteiger partial charge on any atom is 0.260 e. The summed E-state index contributed by atoms with van der Waals surface area (Å²) in [5, 5.41) is 0. The number of ether oxygens (including phenoxy) is 1. The molecule has 0 bridgehead atoms. The first kappa shape index (κ1) is 14.8. The monoisotopic (exact) mass is 288 g/mol. The average molecular weight is 288 g/mol. The normalized spacial score (nSPS) is 10.2. The van der Waals surface area contributed by atoms with Crippen molar-refractivity contribution in [1.29, 1.82) is 0 Å². The van der Waals surface area contributed by atoms with Gasteiger partial charge in [0.15, 0.2) is 0 Å². The molecule has 0 aliphatic heterocycles. The summed E-state index contributed by atoms with van der Waals surface area (Å²) in [7, 11) is 1.49. The molecule has 0 aliphatic rings. The predicted octanol–water partition coefficient (Wildman–Crippen LogP) is 3.08. The number of halogens is 1.